The lowest BCUT2D eigenvalue weighted by molar-refractivity contribution is -0.128. The van der Waals surface area contributed by atoms with Crippen LogP contribution in [0.15, 0.2) is 54.6 Å². The summed E-state index contributed by atoms with van der Waals surface area (Å²) in [5, 5.41) is 8.14. The number of rotatable bonds is 6. The third kappa shape index (κ3) is 4.31. The number of nitrogens with zero attached hydrogens (tertiary/aromatic N) is 4. The molecule has 8 nitrogen and oxygen atoms in total. The highest BCUT2D eigenvalue weighted by atomic mass is 32.1. The van der Waals surface area contributed by atoms with Gasteiger partial charge in [0.1, 0.15) is 11.6 Å². The van der Waals surface area contributed by atoms with Crippen LogP contribution >= 0.6 is 11.3 Å². The Labute approximate surface area is 194 Å². The molecule has 2 amide bonds. The molecule has 5 rings (SSSR count). The first-order valence-corrected chi connectivity index (χ1v) is 11.5. The van der Waals surface area contributed by atoms with Gasteiger partial charge in [-0.05, 0) is 30.7 Å². The molecule has 9 heteroatoms. The molecule has 1 fully saturated rings. The second-order valence-electron chi connectivity index (χ2n) is 8.06. The van der Waals surface area contributed by atoms with E-state index in [4.69, 9.17) is 4.74 Å². The molecule has 2 aromatic carbocycles. The highest BCUT2D eigenvalue weighted by Gasteiger charge is 2.34. The van der Waals surface area contributed by atoms with Crippen molar-refractivity contribution in [2.75, 3.05) is 19.0 Å². The number of carbonyl (C=O) groups is 2. The van der Waals surface area contributed by atoms with Gasteiger partial charge >= 0.3 is 0 Å². The standard InChI is InChI=1S/C24H23N5O3S/c1-15-10-21(29(27-15)24-25-19-9-8-18(32-2)12-20(19)33-24)26-23(31)17-11-22(30)28(14-17)13-16-6-4-3-5-7-16/h3-10,12,17H,11,13-14H2,1-2H3,(H,26,31). The van der Waals surface area contributed by atoms with E-state index in [1.54, 1.807) is 16.7 Å². The summed E-state index contributed by atoms with van der Waals surface area (Å²) in [5.41, 5.74) is 2.64. The second kappa shape index (κ2) is 8.67. The van der Waals surface area contributed by atoms with E-state index in [9.17, 15) is 9.59 Å². The summed E-state index contributed by atoms with van der Waals surface area (Å²) in [6.45, 7) is 2.77. The maximum atomic E-state index is 13.0. The Kier molecular flexibility index (Phi) is 5.55. The van der Waals surface area contributed by atoms with Gasteiger partial charge in [-0.1, -0.05) is 41.7 Å². The minimum absolute atomic E-state index is 0.0104. The van der Waals surface area contributed by atoms with Crippen molar-refractivity contribution in [3.05, 3.63) is 65.9 Å². The fourth-order valence-electron chi connectivity index (χ4n) is 3.98. The number of amides is 2. The summed E-state index contributed by atoms with van der Waals surface area (Å²) in [4.78, 5) is 31.9. The number of nitrogens with one attached hydrogen (secondary N) is 1. The lowest BCUT2D eigenvalue weighted by atomic mass is 10.1. The fraction of sp³-hybridized carbons (Fsp3) is 0.250. The number of thiazole rings is 1. The summed E-state index contributed by atoms with van der Waals surface area (Å²) in [5.74, 6) is 0.683. The number of fused-ring (bicyclic) bond motifs is 1. The second-order valence-corrected chi connectivity index (χ2v) is 9.07. The number of carbonyl (C=O) groups excluding carboxylic acids is 2. The van der Waals surface area contributed by atoms with Crippen molar-refractivity contribution in [3.8, 4) is 10.9 Å². The van der Waals surface area contributed by atoms with Crippen LogP contribution in [-0.2, 0) is 16.1 Å². The van der Waals surface area contributed by atoms with E-state index in [0.29, 0.717) is 24.0 Å². The first-order chi connectivity index (χ1) is 16.0. The van der Waals surface area contributed by atoms with Crippen molar-refractivity contribution in [1.82, 2.24) is 19.7 Å². The molecule has 0 radical (unpaired) electrons. The molecule has 0 bridgehead atoms. The van der Waals surface area contributed by atoms with Crippen LogP contribution in [0.25, 0.3) is 15.3 Å². The average Bonchev–Trinajstić information content (AvgIpc) is 3.50. The molecular formula is C24H23N5O3S. The molecular weight excluding hydrogens is 438 g/mol. The van der Waals surface area contributed by atoms with E-state index >= 15 is 0 Å². The smallest absolute Gasteiger partial charge is 0.230 e. The Morgan fingerprint density at radius 2 is 2.03 bits per heavy atom. The van der Waals surface area contributed by atoms with Gasteiger partial charge in [0.25, 0.3) is 0 Å². The minimum atomic E-state index is -0.413. The van der Waals surface area contributed by atoms with Crippen LogP contribution in [0.2, 0.25) is 0 Å². The van der Waals surface area contributed by atoms with Gasteiger partial charge in [0.15, 0.2) is 0 Å². The molecule has 168 valence electrons. The first-order valence-electron chi connectivity index (χ1n) is 10.6. The van der Waals surface area contributed by atoms with E-state index in [1.807, 2.05) is 61.5 Å². The number of anilines is 1. The van der Waals surface area contributed by atoms with E-state index in [1.165, 1.54) is 11.3 Å². The Balaban J connectivity index is 1.33. The van der Waals surface area contributed by atoms with E-state index in [-0.39, 0.29) is 18.2 Å². The van der Waals surface area contributed by atoms with E-state index < -0.39 is 5.92 Å². The predicted molar refractivity (Wildman–Crippen MR) is 127 cm³/mol. The molecule has 1 atom stereocenters. The summed E-state index contributed by atoms with van der Waals surface area (Å²) >= 11 is 1.46. The largest absolute Gasteiger partial charge is 0.497 e. The molecule has 3 heterocycles. The molecule has 0 spiro atoms. The summed E-state index contributed by atoms with van der Waals surface area (Å²) < 4.78 is 7.90. The molecule has 2 aromatic heterocycles. The number of hydrogen-bond donors (Lipinski definition) is 1. The minimum Gasteiger partial charge on any atom is -0.497 e. The lowest BCUT2D eigenvalue weighted by Crippen LogP contribution is -2.28. The fourth-order valence-corrected chi connectivity index (χ4v) is 4.94. The Hall–Kier alpha value is -3.72. The van der Waals surface area contributed by atoms with Gasteiger partial charge in [0.05, 0.1) is 28.9 Å². The third-order valence-electron chi connectivity index (χ3n) is 5.65. The van der Waals surface area contributed by atoms with Crippen molar-refractivity contribution in [2.24, 2.45) is 5.92 Å². The summed E-state index contributed by atoms with van der Waals surface area (Å²) in [6, 6.07) is 17.3. The number of hydrogen-bond acceptors (Lipinski definition) is 6. The lowest BCUT2D eigenvalue weighted by Gasteiger charge is -2.16. The van der Waals surface area contributed by atoms with Crippen molar-refractivity contribution in [1.29, 1.82) is 0 Å². The number of methoxy groups -OCH3 is 1. The maximum absolute atomic E-state index is 13.0. The molecule has 1 N–H and O–H groups in total. The van der Waals surface area contributed by atoms with Crippen LogP contribution in [0, 0.1) is 12.8 Å². The van der Waals surface area contributed by atoms with Crippen molar-refractivity contribution < 1.29 is 14.3 Å². The monoisotopic (exact) mass is 461 g/mol. The molecule has 33 heavy (non-hydrogen) atoms. The predicted octanol–water partition coefficient (Wildman–Crippen LogP) is 3.79. The normalized spacial score (nSPS) is 15.9. The third-order valence-corrected chi connectivity index (χ3v) is 6.64. The zero-order valence-corrected chi connectivity index (χ0v) is 19.1. The van der Waals surface area contributed by atoms with Gasteiger partial charge in [0, 0.05) is 25.6 Å². The van der Waals surface area contributed by atoms with Crippen molar-refractivity contribution >= 4 is 39.2 Å². The van der Waals surface area contributed by atoms with Gasteiger partial charge in [0.2, 0.25) is 16.9 Å². The van der Waals surface area contributed by atoms with E-state index in [2.05, 4.69) is 15.4 Å². The van der Waals surface area contributed by atoms with E-state index in [0.717, 1.165) is 27.2 Å². The molecule has 0 aliphatic carbocycles. The summed E-state index contributed by atoms with van der Waals surface area (Å²) in [7, 11) is 1.63. The SMILES string of the molecule is COc1ccc2nc(-n3nc(C)cc3NC(=O)C3CC(=O)N(Cc4ccccc4)C3)sc2c1. The quantitative estimate of drug-likeness (QED) is 0.472. The number of ether oxygens (including phenoxy) is 1. The van der Waals surface area contributed by atoms with Crippen LogP contribution < -0.4 is 10.1 Å². The van der Waals surface area contributed by atoms with Crippen LogP contribution in [0.3, 0.4) is 0 Å². The van der Waals surface area contributed by atoms with Crippen LogP contribution in [0.4, 0.5) is 5.82 Å². The highest BCUT2D eigenvalue weighted by molar-refractivity contribution is 7.20. The van der Waals surface area contributed by atoms with Gasteiger partial charge in [-0.25, -0.2) is 4.98 Å². The van der Waals surface area contributed by atoms with Crippen LogP contribution in [0.5, 0.6) is 5.75 Å². The van der Waals surface area contributed by atoms with Crippen LogP contribution in [-0.4, -0.2) is 45.1 Å². The zero-order chi connectivity index (χ0) is 22.9. The first kappa shape index (κ1) is 21.1. The van der Waals surface area contributed by atoms with Crippen molar-refractivity contribution in [2.45, 2.75) is 19.9 Å². The number of aromatic nitrogens is 3. The highest BCUT2D eigenvalue weighted by Crippen LogP contribution is 2.30. The Morgan fingerprint density at radius 1 is 1.21 bits per heavy atom. The average molecular weight is 462 g/mol. The van der Waals surface area contributed by atoms with Crippen molar-refractivity contribution in [3.63, 3.8) is 0 Å². The molecule has 1 unspecified atom stereocenters. The molecule has 0 saturated carbocycles. The number of benzene rings is 2. The van der Waals surface area contributed by atoms with Gasteiger partial charge in [-0.3, -0.25) is 9.59 Å². The topological polar surface area (TPSA) is 89.3 Å². The molecule has 1 saturated heterocycles. The molecule has 4 aromatic rings. The van der Waals surface area contributed by atoms with Gasteiger partial charge in [-0.15, -0.1) is 0 Å². The summed E-state index contributed by atoms with van der Waals surface area (Å²) in [6.07, 6.45) is 0.201. The molecule has 1 aliphatic heterocycles. The zero-order valence-electron chi connectivity index (χ0n) is 18.3. The van der Waals surface area contributed by atoms with Gasteiger partial charge in [-0.2, -0.15) is 9.78 Å². The number of likely N-dealkylation sites (tertiary alicyclic amines) is 1. The Bertz CT molecular complexity index is 1330. The molecule has 1 aliphatic rings. The Morgan fingerprint density at radius 3 is 2.82 bits per heavy atom. The van der Waals surface area contributed by atoms with Gasteiger partial charge < -0.3 is 15.0 Å². The number of aryl methyl sites for hydroxylation is 1. The van der Waals surface area contributed by atoms with Crippen LogP contribution in [0.1, 0.15) is 17.7 Å². The maximum Gasteiger partial charge on any atom is 0.230 e.